The molecule has 5 rings (SSSR count). The molecule has 2 aliphatic rings. The van der Waals surface area contributed by atoms with Gasteiger partial charge in [-0.15, -0.1) is 10.2 Å². The molecule has 5 heterocycles. The van der Waals surface area contributed by atoms with Crippen LogP contribution in [0.3, 0.4) is 0 Å². The van der Waals surface area contributed by atoms with Gasteiger partial charge in [-0.25, -0.2) is 4.68 Å². The van der Waals surface area contributed by atoms with E-state index in [2.05, 4.69) is 57.7 Å². The predicted molar refractivity (Wildman–Crippen MR) is 110 cm³/mol. The third kappa shape index (κ3) is 2.58. The lowest BCUT2D eigenvalue weighted by molar-refractivity contribution is 0.254. The van der Waals surface area contributed by atoms with E-state index in [9.17, 15) is 0 Å². The molecule has 0 radical (unpaired) electrons. The number of fused-ring (bicyclic) bond motifs is 1. The van der Waals surface area contributed by atoms with Crippen LogP contribution >= 0.6 is 11.8 Å². The van der Waals surface area contributed by atoms with Gasteiger partial charge in [0.05, 0.1) is 11.7 Å². The van der Waals surface area contributed by atoms with Crippen LogP contribution in [0.4, 0.5) is 0 Å². The van der Waals surface area contributed by atoms with Crippen molar-refractivity contribution in [2.24, 2.45) is 4.99 Å². The van der Waals surface area contributed by atoms with Gasteiger partial charge in [-0.3, -0.25) is 14.7 Å². The monoisotopic (exact) mass is 393 g/mol. The Bertz CT molecular complexity index is 1010. The molecule has 3 aromatic rings. The zero-order chi connectivity index (χ0) is 19.3. The van der Waals surface area contributed by atoms with E-state index >= 15 is 0 Å². The number of aryl methyl sites for hydroxylation is 1. The summed E-state index contributed by atoms with van der Waals surface area (Å²) in [6.07, 6.45) is 6.44. The molecule has 3 aromatic heterocycles. The van der Waals surface area contributed by atoms with E-state index in [0.717, 1.165) is 28.7 Å². The third-order valence-corrected chi connectivity index (χ3v) is 6.85. The summed E-state index contributed by atoms with van der Waals surface area (Å²) in [6.45, 7) is 6.55. The SMILES string of the molecule is CC[C@@H]1CSC2=N[C@H](c3ccccn3)[C@@H](c3cc(C)n(-n4cnnc4)c3C)N21. The Balaban J connectivity index is 1.65. The Morgan fingerprint density at radius 3 is 2.71 bits per heavy atom. The van der Waals surface area contributed by atoms with Gasteiger partial charge >= 0.3 is 0 Å². The lowest BCUT2D eigenvalue weighted by Crippen LogP contribution is -2.35. The van der Waals surface area contributed by atoms with Gasteiger partial charge in [0.25, 0.3) is 0 Å². The maximum absolute atomic E-state index is 5.12. The number of aromatic nitrogens is 5. The van der Waals surface area contributed by atoms with Crippen LogP contribution in [0.2, 0.25) is 0 Å². The van der Waals surface area contributed by atoms with Crippen LogP contribution in [-0.4, -0.2) is 46.4 Å². The number of pyridine rings is 1. The van der Waals surface area contributed by atoms with Crippen LogP contribution in [0.5, 0.6) is 0 Å². The summed E-state index contributed by atoms with van der Waals surface area (Å²) >= 11 is 1.87. The maximum Gasteiger partial charge on any atom is 0.160 e. The van der Waals surface area contributed by atoms with Crippen LogP contribution in [0.15, 0.2) is 48.1 Å². The fraction of sp³-hybridized carbons (Fsp3) is 0.400. The number of thioether (sulfide) groups is 1. The molecule has 1 fully saturated rings. The topological polar surface area (TPSA) is 64.1 Å². The highest BCUT2D eigenvalue weighted by Crippen LogP contribution is 2.49. The molecule has 28 heavy (non-hydrogen) atoms. The van der Waals surface area contributed by atoms with Crippen LogP contribution in [0, 0.1) is 13.8 Å². The number of amidine groups is 1. The van der Waals surface area contributed by atoms with Crippen molar-refractivity contribution in [1.82, 2.24) is 29.4 Å². The van der Waals surface area contributed by atoms with Crippen molar-refractivity contribution in [1.29, 1.82) is 0 Å². The first-order valence-electron chi connectivity index (χ1n) is 9.63. The van der Waals surface area contributed by atoms with Crippen molar-refractivity contribution in [2.45, 2.75) is 45.3 Å². The summed E-state index contributed by atoms with van der Waals surface area (Å²) in [5, 5.41) is 9.10. The summed E-state index contributed by atoms with van der Waals surface area (Å²) in [5.41, 5.74) is 4.66. The maximum atomic E-state index is 5.12. The first-order chi connectivity index (χ1) is 13.7. The van der Waals surface area contributed by atoms with Gasteiger partial charge in [-0.1, -0.05) is 24.8 Å². The molecule has 3 atom stereocenters. The number of nitrogens with zero attached hydrogens (tertiary/aromatic N) is 7. The molecule has 0 N–H and O–H groups in total. The fourth-order valence-electron chi connectivity index (χ4n) is 4.42. The predicted octanol–water partition coefficient (Wildman–Crippen LogP) is 3.38. The van der Waals surface area contributed by atoms with Crippen molar-refractivity contribution in [3.8, 4) is 0 Å². The number of rotatable bonds is 4. The molecular weight excluding hydrogens is 370 g/mol. The lowest BCUT2D eigenvalue weighted by Gasteiger charge is -2.31. The van der Waals surface area contributed by atoms with Crippen LogP contribution in [0.25, 0.3) is 0 Å². The van der Waals surface area contributed by atoms with Crippen LogP contribution < -0.4 is 0 Å². The minimum absolute atomic E-state index is 0.00733. The van der Waals surface area contributed by atoms with Gasteiger partial charge < -0.3 is 4.90 Å². The zero-order valence-electron chi connectivity index (χ0n) is 16.2. The Labute approximate surface area is 168 Å². The molecule has 0 aliphatic carbocycles. The highest BCUT2D eigenvalue weighted by atomic mass is 32.2. The molecule has 7 nitrogen and oxygen atoms in total. The number of hydrogen-bond donors (Lipinski definition) is 0. The van der Waals surface area contributed by atoms with E-state index in [-0.39, 0.29) is 12.1 Å². The van der Waals surface area contributed by atoms with Crippen molar-refractivity contribution in [2.75, 3.05) is 5.75 Å². The first kappa shape index (κ1) is 17.5. The molecule has 0 saturated carbocycles. The standard InChI is InChI=1S/C20H23N7S/c1-4-15-10-28-20-24-18(17-7-5-6-8-21-17)19(26(15)20)16-9-13(2)27(14(16)3)25-11-22-23-12-25/h5-9,11-12,15,18-19H,4,10H2,1-3H3/t15-,18-,19-/m1/s1. The van der Waals surface area contributed by atoms with E-state index in [4.69, 9.17) is 4.99 Å². The van der Waals surface area contributed by atoms with E-state index in [0.29, 0.717) is 6.04 Å². The molecule has 144 valence electrons. The van der Waals surface area contributed by atoms with Gasteiger partial charge in [-0.05, 0) is 38.5 Å². The molecule has 0 bridgehead atoms. The molecule has 0 unspecified atom stereocenters. The number of hydrogen-bond acceptors (Lipinski definition) is 6. The van der Waals surface area contributed by atoms with Gasteiger partial charge in [0.2, 0.25) is 0 Å². The lowest BCUT2D eigenvalue weighted by atomic mass is 9.95. The van der Waals surface area contributed by atoms with Gasteiger partial charge in [0.15, 0.2) is 5.17 Å². The Morgan fingerprint density at radius 2 is 2.00 bits per heavy atom. The summed E-state index contributed by atoms with van der Waals surface area (Å²) < 4.78 is 4.09. The minimum Gasteiger partial charge on any atom is -0.338 e. The highest BCUT2D eigenvalue weighted by molar-refractivity contribution is 8.14. The van der Waals surface area contributed by atoms with Gasteiger partial charge in [0.1, 0.15) is 18.7 Å². The minimum atomic E-state index is 0.00733. The van der Waals surface area contributed by atoms with Crippen molar-refractivity contribution < 1.29 is 0 Å². The molecular formula is C20H23N7S. The quantitative estimate of drug-likeness (QED) is 0.680. The smallest absolute Gasteiger partial charge is 0.160 e. The van der Waals surface area contributed by atoms with E-state index in [1.807, 2.05) is 34.8 Å². The average molecular weight is 394 g/mol. The van der Waals surface area contributed by atoms with E-state index < -0.39 is 0 Å². The molecule has 1 saturated heterocycles. The van der Waals surface area contributed by atoms with E-state index in [1.165, 1.54) is 11.3 Å². The Morgan fingerprint density at radius 1 is 1.18 bits per heavy atom. The van der Waals surface area contributed by atoms with Crippen LogP contribution in [0.1, 0.15) is 48.1 Å². The van der Waals surface area contributed by atoms with Crippen LogP contribution in [-0.2, 0) is 0 Å². The Hall–Kier alpha value is -2.61. The molecule has 0 spiro atoms. The summed E-state index contributed by atoms with van der Waals surface area (Å²) in [7, 11) is 0. The third-order valence-electron chi connectivity index (χ3n) is 5.72. The summed E-state index contributed by atoms with van der Waals surface area (Å²) in [6, 6.07) is 9.05. The molecule has 0 aromatic carbocycles. The fourth-order valence-corrected chi connectivity index (χ4v) is 5.76. The van der Waals surface area contributed by atoms with Gasteiger partial charge in [0, 0.05) is 34.9 Å². The normalized spacial score (nSPS) is 23.9. The molecule has 8 heteroatoms. The van der Waals surface area contributed by atoms with E-state index in [1.54, 1.807) is 12.7 Å². The summed E-state index contributed by atoms with van der Waals surface area (Å²) in [5.74, 6) is 1.10. The van der Waals surface area contributed by atoms with Gasteiger partial charge in [-0.2, -0.15) is 0 Å². The number of aliphatic imine (C=N–C) groups is 1. The second-order valence-electron chi connectivity index (χ2n) is 7.32. The first-order valence-corrected chi connectivity index (χ1v) is 10.6. The van der Waals surface area contributed by atoms with Crippen molar-refractivity contribution in [3.05, 3.63) is 65.8 Å². The average Bonchev–Trinajstić information content (AvgIpc) is 3.47. The zero-order valence-corrected chi connectivity index (χ0v) is 17.0. The van der Waals surface area contributed by atoms with Crippen molar-refractivity contribution in [3.63, 3.8) is 0 Å². The largest absolute Gasteiger partial charge is 0.338 e. The van der Waals surface area contributed by atoms with Crippen molar-refractivity contribution >= 4 is 16.9 Å². The molecule has 2 aliphatic heterocycles. The summed E-state index contributed by atoms with van der Waals surface area (Å²) in [4.78, 5) is 12.3. The highest BCUT2D eigenvalue weighted by Gasteiger charge is 2.46. The Kier molecular flexibility index (Phi) is 4.23. The second kappa shape index (κ2) is 6.77. The molecule has 0 amide bonds. The second-order valence-corrected chi connectivity index (χ2v) is 8.30.